The summed E-state index contributed by atoms with van der Waals surface area (Å²) >= 11 is 0. The van der Waals surface area contributed by atoms with Gasteiger partial charge in [0.25, 0.3) is 0 Å². The zero-order chi connectivity index (χ0) is 12.0. The molecule has 1 rings (SSSR count). The molecule has 3 nitrogen and oxygen atoms in total. The Morgan fingerprint density at radius 2 is 2.00 bits per heavy atom. The zero-order valence-corrected chi connectivity index (χ0v) is 9.77. The lowest BCUT2D eigenvalue weighted by molar-refractivity contribution is 0.230. The average molecular weight is 218 g/mol. The van der Waals surface area contributed by atoms with Crippen molar-refractivity contribution in [3.63, 3.8) is 0 Å². The van der Waals surface area contributed by atoms with Gasteiger partial charge in [-0.1, -0.05) is 19.1 Å². The number of hydrogen-bond acceptors (Lipinski definition) is 3. The van der Waals surface area contributed by atoms with E-state index in [1.54, 1.807) is 0 Å². The molecule has 0 fully saturated rings. The highest BCUT2D eigenvalue weighted by atomic mass is 16.3. The first-order valence-corrected chi connectivity index (χ1v) is 5.58. The number of rotatable bonds is 5. The molecule has 0 radical (unpaired) electrons. The summed E-state index contributed by atoms with van der Waals surface area (Å²) in [5.74, 6) is 0. The Labute approximate surface area is 96.7 Å². The van der Waals surface area contributed by atoms with Crippen LogP contribution in [0, 0.1) is 11.3 Å². The van der Waals surface area contributed by atoms with E-state index in [9.17, 15) is 0 Å². The molecule has 0 aliphatic carbocycles. The Balaban J connectivity index is 2.65. The summed E-state index contributed by atoms with van der Waals surface area (Å²) in [7, 11) is 0. The van der Waals surface area contributed by atoms with Crippen molar-refractivity contribution in [3.8, 4) is 6.07 Å². The number of aliphatic hydroxyl groups excluding tert-OH is 1. The second-order valence-electron chi connectivity index (χ2n) is 3.91. The summed E-state index contributed by atoms with van der Waals surface area (Å²) in [4.78, 5) is 0. The van der Waals surface area contributed by atoms with Crippen molar-refractivity contribution in [2.75, 3.05) is 6.61 Å². The molecule has 2 N–H and O–H groups in total. The molecule has 0 aromatic heterocycles. The highest BCUT2D eigenvalue weighted by molar-refractivity contribution is 5.32. The SMILES string of the molecule is CC[C@H](CO)NC(C)c1ccc(C#N)cc1. The zero-order valence-electron chi connectivity index (χ0n) is 9.77. The summed E-state index contributed by atoms with van der Waals surface area (Å²) in [6.07, 6.45) is 0.900. The number of nitrogens with one attached hydrogen (secondary N) is 1. The number of nitriles is 1. The molecule has 0 saturated heterocycles. The van der Waals surface area contributed by atoms with Gasteiger partial charge in [-0.25, -0.2) is 0 Å². The number of nitrogens with zero attached hydrogens (tertiary/aromatic N) is 1. The Kier molecular flexibility index (Phi) is 4.97. The van der Waals surface area contributed by atoms with Crippen LogP contribution in [-0.4, -0.2) is 17.8 Å². The molecule has 0 aliphatic heterocycles. The van der Waals surface area contributed by atoms with Crippen molar-refractivity contribution >= 4 is 0 Å². The maximum atomic E-state index is 9.10. The third-order valence-electron chi connectivity index (χ3n) is 2.74. The molecule has 86 valence electrons. The van der Waals surface area contributed by atoms with E-state index < -0.39 is 0 Å². The average Bonchev–Trinajstić information content (AvgIpc) is 2.35. The van der Waals surface area contributed by atoms with Gasteiger partial charge in [0.15, 0.2) is 0 Å². The molecule has 1 aromatic carbocycles. The highest BCUT2D eigenvalue weighted by Crippen LogP contribution is 2.14. The van der Waals surface area contributed by atoms with Crippen LogP contribution >= 0.6 is 0 Å². The lowest BCUT2D eigenvalue weighted by Gasteiger charge is -2.20. The van der Waals surface area contributed by atoms with Crippen LogP contribution in [0.4, 0.5) is 0 Å². The Hall–Kier alpha value is -1.37. The fourth-order valence-electron chi connectivity index (χ4n) is 1.60. The number of hydrogen-bond donors (Lipinski definition) is 2. The van der Waals surface area contributed by atoms with Gasteiger partial charge in [-0.3, -0.25) is 0 Å². The molecule has 1 aromatic rings. The largest absolute Gasteiger partial charge is 0.395 e. The van der Waals surface area contributed by atoms with Gasteiger partial charge in [-0.15, -0.1) is 0 Å². The summed E-state index contributed by atoms with van der Waals surface area (Å²) in [5.41, 5.74) is 1.80. The first-order chi connectivity index (χ1) is 7.71. The van der Waals surface area contributed by atoms with E-state index in [-0.39, 0.29) is 18.7 Å². The van der Waals surface area contributed by atoms with Gasteiger partial charge in [0.1, 0.15) is 0 Å². The van der Waals surface area contributed by atoms with Crippen LogP contribution in [0.25, 0.3) is 0 Å². The topological polar surface area (TPSA) is 56.0 Å². The van der Waals surface area contributed by atoms with Gasteiger partial charge in [0, 0.05) is 12.1 Å². The Morgan fingerprint density at radius 3 is 2.44 bits per heavy atom. The molecule has 0 bridgehead atoms. The fraction of sp³-hybridized carbons (Fsp3) is 0.462. The van der Waals surface area contributed by atoms with E-state index in [4.69, 9.17) is 10.4 Å². The Bertz CT molecular complexity index is 349. The summed E-state index contributed by atoms with van der Waals surface area (Å²) in [6.45, 7) is 4.25. The molecule has 1 unspecified atom stereocenters. The number of aliphatic hydroxyl groups is 1. The second kappa shape index (κ2) is 6.26. The minimum atomic E-state index is 0.130. The van der Waals surface area contributed by atoms with E-state index in [0.717, 1.165) is 12.0 Å². The van der Waals surface area contributed by atoms with Crippen molar-refractivity contribution in [1.29, 1.82) is 5.26 Å². The Morgan fingerprint density at radius 1 is 1.38 bits per heavy atom. The minimum Gasteiger partial charge on any atom is -0.395 e. The molecule has 0 aliphatic rings. The summed E-state index contributed by atoms with van der Waals surface area (Å²) in [5, 5.41) is 21.1. The lowest BCUT2D eigenvalue weighted by Crippen LogP contribution is -2.33. The first kappa shape index (κ1) is 12.7. The third kappa shape index (κ3) is 3.34. The lowest BCUT2D eigenvalue weighted by atomic mass is 10.1. The highest BCUT2D eigenvalue weighted by Gasteiger charge is 2.10. The predicted octanol–water partition coefficient (Wildman–Crippen LogP) is 1.98. The van der Waals surface area contributed by atoms with Crippen molar-refractivity contribution in [1.82, 2.24) is 5.32 Å². The van der Waals surface area contributed by atoms with Gasteiger partial charge in [0.2, 0.25) is 0 Å². The molecule has 16 heavy (non-hydrogen) atoms. The third-order valence-corrected chi connectivity index (χ3v) is 2.74. The van der Waals surface area contributed by atoms with Gasteiger partial charge in [-0.05, 0) is 31.0 Å². The molecule has 0 heterocycles. The van der Waals surface area contributed by atoms with Crippen LogP contribution < -0.4 is 5.32 Å². The smallest absolute Gasteiger partial charge is 0.0991 e. The van der Waals surface area contributed by atoms with Gasteiger partial charge >= 0.3 is 0 Å². The van der Waals surface area contributed by atoms with Gasteiger partial charge in [-0.2, -0.15) is 5.26 Å². The van der Waals surface area contributed by atoms with E-state index in [0.29, 0.717) is 5.56 Å². The first-order valence-electron chi connectivity index (χ1n) is 5.58. The van der Waals surface area contributed by atoms with Crippen molar-refractivity contribution < 1.29 is 5.11 Å². The number of benzene rings is 1. The molecular formula is C13H18N2O. The van der Waals surface area contributed by atoms with Crippen LogP contribution in [0.2, 0.25) is 0 Å². The van der Waals surface area contributed by atoms with Gasteiger partial charge < -0.3 is 10.4 Å². The van der Waals surface area contributed by atoms with E-state index in [1.165, 1.54) is 0 Å². The standard InChI is InChI=1S/C13H18N2O/c1-3-13(9-16)15-10(2)12-6-4-11(8-14)5-7-12/h4-7,10,13,15-16H,3,9H2,1-2H3/t10?,13-/m1/s1. The maximum Gasteiger partial charge on any atom is 0.0991 e. The molecular weight excluding hydrogens is 200 g/mol. The minimum absolute atomic E-state index is 0.130. The van der Waals surface area contributed by atoms with Crippen LogP contribution in [0.3, 0.4) is 0 Å². The quantitative estimate of drug-likeness (QED) is 0.794. The van der Waals surface area contributed by atoms with Crippen LogP contribution in [-0.2, 0) is 0 Å². The monoisotopic (exact) mass is 218 g/mol. The van der Waals surface area contributed by atoms with Crippen molar-refractivity contribution in [3.05, 3.63) is 35.4 Å². The van der Waals surface area contributed by atoms with Crippen LogP contribution in [0.1, 0.15) is 37.4 Å². The van der Waals surface area contributed by atoms with E-state index in [2.05, 4.69) is 18.3 Å². The molecule has 0 saturated carbocycles. The van der Waals surface area contributed by atoms with Crippen molar-refractivity contribution in [2.24, 2.45) is 0 Å². The molecule has 3 heteroatoms. The second-order valence-corrected chi connectivity index (χ2v) is 3.91. The fourth-order valence-corrected chi connectivity index (χ4v) is 1.60. The summed E-state index contributed by atoms with van der Waals surface area (Å²) in [6, 6.07) is 9.93. The van der Waals surface area contributed by atoms with Crippen LogP contribution in [0.15, 0.2) is 24.3 Å². The van der Waals surface area contributed by atoms with E-state index >= 15 is 0 Å². The molecule has 0 amide bonds. The van der Waals surface area contributed by atoms with Crippen molar-refractivity contribution in [2.45, 2.75) is 32.4 Å². The molecule has 0 spiro atoms. The van der Waals surface area contributed by atoms with E-state index in [1.807, 2.05) is 31.2 Å². The summed E-state index contributed by atoms with van der Waals surface area (Å²) < 4.78 is 0. The predicted molar refractivity (Wildman–Crippen MR) is 63.9 cm³/mol. The maximum absolute atomic E-state index is 9.10. The van der Waals surface area contributed by atoms with Crippen LogP contribution in [0.5, 0.6) is 0 Å². The van der Waals surface area contributed by atoms with Gasteiger partial charge in [0.05, 0.1) is 18.2 Å². The molecule has 2 atom stereocenters. The normalized spacial score (nSPS) is 14.1.